The zero-order chi connectivity index (χ0) is 17.1. The number of nitrogens with zero attached hydrogens (tertiary/aromatic N) is 3. The summed E-state index contributed by atoms with van der Waals surface area (Å²) < 4.78 is 0. The number of anilines is 1. The SMILES string of the molecule is CCCCN(C)c1nc(Cl)nc2scc(-c3ccc(CC)cc3)c12. The van der Waals surface area contributed by atoms with Crippen LogP contribution in [0.15, 0.2) is 29.6 Å². The summed E-state index contributed by atoms with van der Waals surface area (Å²) in [5.74, 6) is 0.925. The van der Waals surface area contributed by atoms with Crippen molar-refractivity contribution in [1.29, 1.82) is 0 Å². The van der Waals surface area contributed by atoms with Gasteiger partial charge in [-0.1, -0.05) is 44.5 Å². The van der Waals surface area contributed by atoms with E-state index in [9.17, 15) is 0 Å². The average Bonchev–Trinajstić information content (AvgIpc) is 3.02. The number of aryl methyl sites for hydroxylation is 1. The van der Waals surface area contributed by atoms with Gasteiger partial charge < -0.3 is 4.90 Å². The lowest BCUT2D eigenvalue weighted by Gasteiger charge is -2.19. The van der Waals surface area contributed by atoms with E-state index in [0.717, 1.165) is 41.8 Å². The van der Waals surface area contributed by atoms with Gasteiger partial charge in [0.05, 0.1) is 5.39 Å². The molecule has 0 saturated carbocycles. The Morgan fingerprint density at radius 1 is 1.12 bits per heavy atom. The molecule has 126 valence electrons. The van der Waals surface area contributed by atoms with E-state index in [1.54, 1.807) is 11.3 Å². The Labute approximate surface area is 152 Å². The van der Waals surface area contributed by atoms with Crippen LogP contribution in [0, 0.1) is 0 Å². The zero-order valence-corrected chi connectivity index (χ0v) is 15.9. The minimum absolute atomic E-state index is 0.315. The summed E-state index contributed by atoms with van der Waals surface area (Å²) in [4.78, 5) is 12.1. The van der Waals surface area contributed by atoms with Crippen LogP contribution < -0.4 is 4.90 Å². The lowest BCUT2D eigenvalue weighted by molar-refractivity contribution is 0.761. The standard InChI is InChI=1S/C19H22ClN3S/c1-4-6-11-23(3)17-16-15(12-24-18(16)22-19(20)21-17)14-9-7-13(5-2)8-10-14/h7-10,12H,4-6,11H2,1-3H3. The van der Waals surface area contributed by atoms with Gasteiger partial charge in [0.1, 0.15) is 10.6 Å². The molecule has 0 atom stereocenters. The minimum atomic E-state index is 0.315. The number of benzene rings is 1. The molecule has 0 spiro atoms. The van der Waals surface area contributed by atoms with E-state index >= 15 is 0 Å². The number of hydrogen-bond acceptors (Lipinski definition) is 4. The third kappa shape index (κ3) is 3.40. The van der Waals surface area contributed by atoms with Gasteiger partial charge in [-0.2, -0.15) is 4.98 Å². The summed E-state index contributed by atoms with van der Waals surface area (Å²) in [6.07, 6.45) is 3.33. The molecular formula is C19H22ClN3S. The van der Waals surface area contributed by atoms with E-state index in [0.29, 0.717) is 5.28 Å². The van der Waals surface area contributed by atoms with Crippen molar-refractivity contribution < 1.29 is 0 Å². The van der Waals surface area contributed by atoms with E-state index < -0.39 is 0 Å². The normalized spacial score (nSPS) is 11.2. The van der Waals surface area contributed by atoms with Crippen LogP contribution in [0.1, 0.15) is 32.3 Å². The molecule has 0 aliphatic heterocycles. The molecule has 3 rings (SSSR count). The maximum atomic E-state index is 6.15. The summed E-state index contributed by atoms with van der Waals surface area (Å²) >= 11 is 7.78. The molecule has 0 radical (unpaired) electrons. The lowest BCUT2D eigenvalue weighted by atomic mass is 10.0. The number of halogens is 1. The predicted molar refractivity (Wildman–Crippen MR) is 105 cm³/mol. The summed E-state index contributed by atoms with van der Waals surface area (Å²) in [7, 11) is 2.08. The van der Waals surface area contributed by atoms with E-state index in [1.165, 1.54) is 16.7 Å². The van der Waals surface area contributed by atoms with E-state index in [4.69, 9.17) is 11.6 Å². The number of hydrogen-bond donors (Lipinski definition) is 0. The maximum Gasteiger partial charge on any atom is 0.225 e. The minimum Gasteiger partial charge on any atom is -0.359 e. The zero-order valence-electron chi connectivity index (χ0n) is 14.3. The average molecular weight is 360 g/mol. The van der Waals surface area contributed by atoms with Crippen LogP contribution in [0.2, 0.25) is 5.28 Å². The fourth-order valence-corrected chi connectivity index (χ4v) is 3.96. The molecule has 5 heteroatoms. The number of unbranched alkanes of at least 4 members (excludes halogenated alkanes) is 1. The van der Waals surface area contributed by atoms with Crippen LogP contribution in [0.3, 0.4) is 0 Å². The van der Waals surface area contributed by atoms with Gasteiger partial charge in [0.2, 0.25) is 5.28 Å². The van der Waals surface area contributed by atoms with Crippen LogP contribution in [0.4, 0.5) is 5.82 Å². The first-order valence-corrected chi connectivity index (χ1v) is 9.65. The molecule has 3 aromatic rings. The van der Waals surface area contributed by atoms with Gasteiger partial charge in [0.25, 0.3) is 0 Å². The molecule has 1 aromatic carbocycles. The van der Waals surface area contributed by atoms with Crippen LogP contribution in [-0.4, -0.2) is 23.6 Å². The summed E-state index contributed by atoms with van der Waals surface area (Å²) in [5.41, 5.74) is 3.74. The Morgan fingerprint density at radius 2 is 1.88 bits per heavy atom. The highest BCUT2D eigenvalue weighted by molar-refractivity contribution is 7.17. The molecular weight excluding hydrogens is 338 g/mol. The van der Waals surface area contributed by atoms with Crippen molar-refractivity contribution in [1.82, 2.24) is 9.97 Å². The van der Waals surface area contributed by atoms with Gasteiger partial charge in [0, 0.05) is 24.5 Å². The fourth-order valence-electron chi connectivity index (χ4n) is 2.81. The van der Waals surface area contributed by atoms with Gasteiger partial charge in [-0.3, -0.25) is 0 Å². The van der Waals surface area contributed by atoms with Gasteiger partial charge in [-0.15, -0.1) is 11.3 Å². The van der Waals surface area contributed by atoms with Gasteiger partial charge >= 0.3 is 0 Å². The molecule has 2 aromatic heterocycles. The van der Waals surface area contributed by atoms with Crippen LogP contribution >= 0.6 is 22.9 Å². The molecule has 2 heterocycles. The third-order valence-electron chi connectivity index (χ3n) is 4.27. The number of rotatable bonds is 6. The summed E-state index contributed by atoms with van der Waals surface area (Å²) in [6, 6.07) is 8.75. The van der Waals surface area contributed by atoms with Gasteiger partial charge in [-0.25, -0.2) is 4.98 Å². The van der Waals surface area contributed by atoms with Crippen molar-refractivity contribution in [3.63, 3.8) is 0 Å². The third-order valence-corrected chi connectivity index (χ3v) is 5.31. The van der Waals surface area contributed by atoms with Crippen molar-refractivity contribution in [2.45, 2.75) is 33.1 Å². The first kappa shape index (κ1) is 17.2. The first-order valence-electron chi connectivity index (χ1n) is 8.39. The second-order valence-corrected chi connectivity index (χ2v) is 7.17. The Bertz CT molecular complexity index is 826. The van der Waals surface area contributed by atoms with Crippen molar-refractivity contribution in [2.24, 2.45) is 0 Å². The Balaban J connectivity index is 2.11. The second-order valence-electron chi connectivity index (χ2n) is 5.97. The molecule has 0 N–H and O–H groups in total. The highest BCUT2D eigenvalue weighted by Gasteiger charge is 2.17. The quantitative estimate of drug-likeness (QED) is 0.520. The monoisotopic (exact) mass is 359 g/mol. The fraction of sp³-hybridized carbons (Fsp3) is 0.368. The van der Waals surface area contributed by atoms with Gasteiger partial charge in [-0.05, 0) is 35.6 Å². The molecule has 0 amide bonds. The maximum absolute atomic E-state index is 6.15. The Hall–Kier alpha value is -1.65. The summed E-state index contributed by atoms with van der Waals surface area (Å²) in [6.45, 7) is 5.33. The smallest absolute Gasteiger partial charge is 0.225 e. The topological polar surface area (TPSA) is 29.0 Å². The van der Waals surface area contributed by atoms with Crippen molar-refractivity contribution in [3.8, 4) is 11.1 Å². The largest absolute Gasteiger partial charge is 0.359 e. The molecule has 0 unspecified atom stereocenters. The number of thiophene rings is 1. The lowest BCUT2D eigenvalue weighted by Crippen LogP contribution is -2.20. The number of aromatic nitrogens is 2. The van der Waals surface area contributed by atoms with Crippen LogP contribution in [0.25, 0.3) is 21.3 Å². The number of fused-ring (bicyclic) bond motifs is 1. The molecule has 0 aliphatic carbocycles. The van der Waals surface area contributed by atoms with E-state index in [2.05, 4.69) is 65.4 Å². The Morgan fingerprint density at radius 3 is 2.54 bits per heavy atom. The second kappa shape index (κ2) is 7.49. The predicted octanol–water partition coefficient (Wildman–Crippen LogP) is 5.81. The van der Waals surface area contributed by atoms with Crippen LogP contribution in [-0.2, 0) is 6.42 Å². The van der Waals surface area contributed by atoms with Crippen molar-refractivity contribution >= 4 is 39.0 Å². The molecule has 24 heavy (non-hydrogen) atoms. The molecule has 0 fully saturated rings. The van der Waals surface area contributed by atoms with Crippen molar-refractivity contribution in [2.75, 3.05) is 18.5 Å². The molecule has 3 nitrogen and oxygen atoms in total. The Kier molecular flexibility index (Phi) is 5.36. The summed E-state index contributed by atoms with van der Waals surface area (Å²) in [5, 5.41) is 3.58. The van der Waals surface area contributed by atoms with E-state index in [1.807, 2.05) is 0 Å². The highest BCUT2D eigenvalue weighted by atomic mass is 35.5. The van der Waals surface area contributed by atoms with Crippen LogP contribution in [0.5, 0.6) is 0 Å². The van der Waals surface area contributed by atoms with Gasteiger partial charge in [0.15, 0.2) is 0 Å². The first-order chi connectivity index (χ1) is 11.6. The molecule has 0 bridgehead atoms. The highest BCUT2D eigenvalue weighted by Crippen LogP contribution is 2.38. The van der Waals surface area contributed by atoms with E-state index in [-0.39, 0.29) is 0 Å². The van der Waals surface area contributed by atoms with Crippen molar-refractivity contribution in [3.05, 3.63) is 40.5 Å². The molecule has 0 saturated heterocycles. The molecule has 0 aliphatic rings.